The van der Waals surface area contributed by atoms with E-state index in [0.29, 0.717) is 30.5 Å². The van der Waals surface area contributed by atoms with E-state index in [4.69, 9.17) is 4.52 Å². The van der Waals surface area contributed by atoms with Crippen LogP contribution in [0.4, 0.5) is 10.4 Å². The number of hydrogen-bond acceptors (Lipinski definition) is 7. The molecule has 1 aliphatic rings. The number of fused-ring (bicyclic) bond motifs is 1. The molecule has 1 saturated heterocycles. The number of carbonyl (C=O) groups excluding carboxylic acids is 1. The minimum atomic E-state index is -0.773. The second kappa shape index (κ2) is 7.43. The van der Waals surface area contributed by atoms with Crippen molar-refractivity contribution in [2.24, 2.45) is 0 Å². The first-order chi connectivity index (χ1) is 13.8. The lowest BCUT2D eigenvalue weighted by Crippen LogP contribution is -2.55. The number of carbonyl (C=O) groups is 1. The molecule has 0 saturated carbocycles. The molecule has 0 spiro atoms. The van der Waals surface area contributed by atoms with Crippen molar-refractivity contribution in [1.82, 2.24) is 24.8 Å². The molecule has 154 valence electrons. The molecule has 2 atom stereocenters. The topological polar surface area (TPSA) is 109 Å². The smallest absolute Gasteiger partial charge is 0.324 e. The molecule has 0 unspecified atom stereocenters. The van der Waals surface area contributed by atoms with Gasteiger partial charge in [0, 0.05) is 25.2 Å². The van der Waals surface area contributed by atoms with Crippen LogP contribution in [0.25, 0.3) is 5.65 Å². The van der Waals surface area contributed by atoms with Gasteiger partial charge in [0.25, 0.3) is 5.91 Å². The van der Waals surface area contributed by atoms with Crippen molar-refractivity contribution in [1.29, 1.82) is 0 Å². The molecule has 1 amide bonds. The number of hydrogen-bond donors (Lipinski definition) is 2. The fourth-order valence-electron chi connectivity index (χ4n) is 3.35. The van der Waals surface area contributed by atoms with Crippen molar-refractivity contribution in [3.8, 4) is 0 Å². The van der Waals surface area contributed by atoms with Gasteiger partial charge in [0.1, 0.15) is 5.65 Å². The van der Waals surface area contributed by atoms with Crippen molar-refractivity contribution >= 4 is 17.6 Å². The molecule has 29 heavy (non-hydrogen) atoms. The number of imidazole rings is 1. The highest BCUT2D eigenvalue weighted by Crippen LogP contribution is 2.21. The zero-order valence-electron chi connectivity index (χ0n) is 16.5. The van der Waals surface area contributed by atoms with Crippen molar-refractivity contribution in [3.05, 3.63) is 41.4 Å². The van der Waals surface area contributed by atoms with E-state index in [9.17, 15) is 14.3 Å². The Hall–Kier alpha value is -3.01. The van der Waals surface area contributed by atoms with E-state index in [-0.39, 0.29) is 18.2 Å². The number of aliphatic hydroxyl groups is 1. The number of aliphatic hydroxyl groups excluding tert-OH is 1. The monoisotopic (exact) mass is 402 g/mol. The summed E-state index contributed by atoms with van der Waals surface area (Å²) in [5.41, 5.74) is 0.885. The second-order valence-corrected chi connectivity index (χ2v) is 7.66. The van der Waals surface area contributed by atoms with Gasteiger partial charge in [0.15, 0.2) is 11.5 Å². The van der Waals surface area contributed by atoms with Crippen molar-refractivity contribution in [3.63, 3.8) is 0 Å². The van der Waals surface area contributed by atoms with Crippen LogP contribution in [0.15, 0.2) is 22.9 Å². The van der Waals surface area contributed by atoms with Crippen LogP contribution < -0.4 is 10.2 Å². The average Bonchev–Trinajstić information content (AvgIpc) is 3.29. The predicted octanol–water partition coefficient (Wildman–Crippen LogP) is 1.66. The molecule has 0 aliphatic carbocycles. The molecule has 1 aliphatic heterocycles. The van der Waals surface area contributed by atoms with Crippen LogP contribution in [0.2, 0.25) is 0 Å². The predicted molar refractivity (Wildman–Crippen MR) is 102 cm³/mol. The Labute approximate surface area is 166 Å². The maximum absolute atomic E-state index is 14.7. The Kier molecular flexibility index (Phi) is 4.95. The van der Waals surface area contributed by atoms with Crippen molar-refractivity contribution < 1.29 is 18.8 Å². The number of amides is 1. The summed E-state index contributed by atoms with van der Waals surface area (Å²) in [6.45, 7) is 6.52. The van der Waals surface area contributed by atoms with E-state index < -0.39 is 24.0 Å². The molecule has 4 heterocycles. The maximum atomic E-state index is 14.7. The number of anilines is 1. The highest BCUT2D eigenvalue weighted by Gasteiger charge is 2.33. The largest absolute Gasteiger partial charge is 0.391 e. The summed E-state index contributed by atoms with van der Waals surface area (Å²) >= 11 is 0. The number of aryl methyl sites for hydroxylation is 1. The number of piperidine rings is 1. The summed E-state index contributed by atoms with van der Waals surface area (Å²) in [6.07, 6.45) is 1.20. The lowest BCUT2D eigenvalue weighted by atomic mass is 10.0. The summed E-state index contributed by atoms with van der Waals surface area (Å²) in [5, 5.41) is 17.0. The zero-order valence-corrected chi connectivity index (χ0v) is 16.5. The van der Waals surface area contributed by atoms with Crippen LogP contribution in [-0.4, -0.2) is 55.8 Å². The number of nitrogens with one attached hydrogen (secondary N) is 1. The minimum absolute atomic E-state index is 0.125. The van der Waals surface area contributed by atoms with Gasteiger partial charge in [0.05, 0.1) is 12.1 Å². The van der Waals surface area contributed by atoms with E-state index in [1.165, 1.54) is 4.40 Å². The Morgan fingerprint density at radius 1 is 1.38 bits per heavy atom. The molecule has 1 fully saturated rings. The molecule has 4 rings (SSSR count). The number of halogens is 1. The van der Waals surface area contributed by atoms with Crippen molar-refractivity contribution in [2.75, 3.05) is 18.0 Å². The van der Waals surface area contributed by atoms with Gasteiger partial charge >= 0.3 is 6.01 Å². The number of rotatable bonds is 4. The minimum Gasteiger partial charge on any atom is -0.391 e. The summed E-state index contributed by atoms with van der Waals surface area (Å²) in [6, 6.07) is 3.15. The molecular formula is C19H23FN6O3. The lowest BCUT2D eigenvalue weighted by Gasteiger charge is -2.35. The fourth-order valence-corrected chi connectivity index (χ4v) is 3.35. The Morgan fingerprint density at radius 3 is 2.90 bits per heavy atom. The third kappa shape index (κ3) is 3.67. The Morgan fingerprint density at radius 2 is 2.17 bits per heavy atom. The Balaban J connectivity index is 1.51. The quantitative estimate of drug-likeness (QED) is 0.683. The van der Waals surface area contributed by atoms with Gasteiger partial charge < -0.3 is 19.8 Å². The summed E-state index contributed by atoms with van der Waals surface area (Å²) in [4.78, 5) is 22.9. The normalized spacial score (nSPS) is 19.9. The number of aromatic nitrogens is 4. The van der Waals surface area contributed by atoms with Gasteiger partial charge in [-0.2, -0.15) is 9.37 Å². The average molecular weight is 402 g/mol. The maximum Gasteiger partial charge on any atom is 0.324 e. The SMILES string of the molecule is Cc1ccc2nc(C(=O)N[C@@H]3CN(c4nc(C(C)C)no4)CC[C@@H]3O)c(F)n2c1. The van der Waals surface area contributed by atoms with E-state index in [1.54, 1.807) is 23.2 Å². The molecule has 9 nitrogen and oxygen atoms in total. The van der Waals surface area contributed by atoms with Crippen LogP contribution in [0.3, 0.4) is 0 Å². The van der Waals surface area contributed by atoms with E-state index in [0.717, 1.165) is 5.56 Å². The van der Waals surface area contributed by atoms with Gasteiger partial charge in [-0.15, -0.1) is 0 Å². The third-order valence-corrected chi connectivity index (χ3v) is 5.03. The van der Waals surface area contributed by atoms with Crippen LogP contribution in [-0.2, 0) is 0 Å². The third-order valence-electron chi connectivity index (χ3n) is 5.03. The van der Waals surface area contributed by atoms with Gasteiger partial charge in [-0.1, -0.05) is 25.1 Å². The van der Waals surface area contributed by atoms with E-state index in [1.807, 2.05) is 20.8 Å². The van der Waals surface area contributed by atoms with Crippen LogP contribution in [0.1, 0.15) is 48.1 Å². The summed E-state index contributed by atoms with van der Waals surface area (Å²) in [7, 11) is 0. The van der Waals surface area contributed by atoms with Crippen LogP contribution in [0, 0.1) is 12.9 Å². The van der Waals surface area contributed by atoms with Gasteiger partial charge in [0.2, 0.25) is 5.95 Å². The van der Waals surface area contributed by atoms with Gasteiger partial charge in [-0.3, -0.25) is 9.20 Å². The van der Waals surface area contributed by atoms with Gasteiger partial charge in [-0.05, 0) is 25.0 Å². The first kappa shape index (κ1) is 19.3. The molecule has 10 heteroatoms. The molecular weight excluding hydrogens is 379 g/mol. The zero-order chi connectivity index (χ0) is 20.7. The molecule has 3 aromatic rings. The first-order valence-electron chi connectivity index (χ1n) is 9.55. The molecule has 2 N–H and O–H groups in total. The van der Waals surface area contributed by atoms with E-state index >= 15 is 0 Å². The molecule has 3 aromatic heterocycles. The Bertz CT molecular complexity index is 1050. The van der Waals surface area contributed by atoms with E-state index in [2.05, 4.69) is 20.4 Å². The molecule has 0 radical (unpaired) electrons. The fraction of sp³-hybridized carbons (Fsp3) is 0.474. The van der Waals surface area contributed by atoms with Crippen LogP contribution in [0.5, 0.6) is 0 Å². The molecule has 0 bridgehead atoms. The van der Waals surface area contributed by atoms with Crippen molar-refractivity contribution in [2.45, 2.75) is 45.3 Å². The number of pyridine rings is 1. The van der Waals surface area contributed by atoms with Crippen LogP contribution >= 0.6 is 0 Å². The first-order valence-corrected chi connectivity index (χ1v) is 9.55. The standard InChI is InChI=1S/C19H23FN6O3/c1-10(2)17-23-19(29-24-17)25-7-6-13(27)12(9-25)21-18(28)15-16(20)26-8-11(3)4-5-14(26)22-15/h4-5,8,10,12-13,27H,6-7,9H2,1-3H3,(H,21,28)/t12-,13+/m1/s1. The number of nitrogens with zero attached hydrogens (tertiary/aromatic N) is 5. The lowest BCUT2D eigenvalue weighted by molar-refractivity contribution is 0.0772. The highest BCUT2D eigenvalue weighted by molar-refractivity contribution is 5.93. The summed E-state index contributed by atoms with van der Waals surface area (Å²) < 4.78 is 21.2. The highest BCUT2D eigenvalue weighted by atomic mass is 19.1. The van der Waals surface area contributed by atoms with Gasteiger partial charge in [-0.25, -0.2) is 4.98 Å². The molecule has 0 aromatic carbocycles. The summed E-state index contributed by atoms with van der Waals surface area (Å²) in [5.74, 6) is -0.696. The second-order valence-electron chi connectivity index (χ2n) is 7.66.